The maximum Gasteiger partial charge on any atom is 0.326 e. The minimum atomic E-state index is -0.667. The van der Waals surface area contributed by atoms with E-state index in [1.165, 1.54) is 22.2 Å². The molecule has 7 nitrogen and oxygen atoms in total. The zero-order chi connectivity index (χ0) is 21.0. The molecule has 0 aliphatic carbocycles. The molecule has 1 N–H and O–H groups in total. The lowest BCUT2D eigenvalue weighted by molar-refractivity contribution is -0.149. The third-order valence-corrected chi connectivity index (χ3v) is 5.18. The van der Waals surface area contributed by atoms with Crippen molar-refractivity contribution < 1.29 is 14.3 Å². The fourth-order valence-electron chi connectivity index (χ4n) is 2.73. The van der Waals surface area contributed by atoms with Gasteiger partial charge in [0.25, 0.3) is 11.5 Å². The van der Waals surface area contributed by atoms with Crippen LogP contribution in [0.3, 0.4) is 0 Å². The van der Waals surface area contributed by atoms with E-state index >= 15 is 0 Å². The van der Waals surface area contributed by atoms with Crippen molar-refractivity contribution in [3.8, 4) is 11.1 Å². The summed E-state index contributed by atoms with van der Waals surface area (Å²) in [5.74, 6) is -0.730. The Labute approximate surface area is 172 Å². The summed E-state index contributed by atoms with van der Waals surface area (Å²) in [5.41, 5.74) is 2.53. The second-order valence-electron chi connectivity index (χ2n) is 7.23. The van der Waals surface area contributed by atoms with E-state index in [-0.39, 0.29) is 24.6 Å². The molecule has 0 unspecified atom stereocenters. The Balaban J connectivity index is 1.75. The third kappa shape index (κ3) is 5.08. The van der Waals surface area contributed by atoms with Gasteiger partial charge in [-0.05, 0) is 18.4 Å². The molecule has 152 valence electrons. The van der Waals surface area contributed by atoms with Crippen LogP contribution in [0.1, 0.15) is 19.4 Å². The van der Waals surface area contributed by atoms with Crippen LogP contribution in [0.15, 0.2) is 40.8 Å². The van der Waals surface area contributed by atoms with E-state index in [4.69, 9.17) is 4.74 Å². The number of hydrogen-bond donors (Lipinski definition) is 1. The highest BCUT2D eigenvalue weighted by atomic mass is 32.1. The van der Waals surface area contributed by atoms with Crippen molar-refractivity contribution >= 4 is 33.4 Å². The van der Waals surface area contributed by atoms with Crippen LogP contribution in [0, 0.1) is 12.8 Å². The minimum absolute atomic E-state index is 0.303. The highest BCUT2D eigenvalue weighted by molar-refractivity contribution is 7.17. The smallest absolute Gasteiger partial charge is 0.326 e. The molecule has 3 aromatic rings. The van der Waals surface area contributed by atoms with Crippen LogP contribution in [0.2, 0.25) is 0 Å². The summed E-state index contributed by atoms with van der Waals surface area (Å²) in [7, 11) is 0. The monoisotopic (exact) mass is 413 g/mol. The van der Waals surface area contributed by atoms with Gasteiger partial charge in [-0.2, -0.15) is 0 Å². The molecule has 29 heavy (non-hydrogen) atoms. The van der Waals surface area contributed by atoms with Crippen molar-refractivity contribution in [3.05, 3.63) is 51.9 Å². The Morgan fingerprint density at radius 1 is 1.24 bits per heavy atom. The first kappa shape index (κ1) is 20.7. The lowest BCUT2D eigenvalue weighted by Gasteiger charge is -2.09. The van der Waals surface area contributed by atoms with Gasteiger partial charge in [-0.3, -0.25) is 19.0 Å². The average molecular weight is 413 g/mol. The van der Waals surface area contributed by atoms with Gasteiger partial charge in [-0.1, -0.05) is 43.7 Å². The number of benzene rings is 1. The quantitative estimate of drug-likeness (QED) is 0.602. The van der Waals surface area contributed by atoms with Crippen LogP contribution in [-0.4, -0.2) is 34.6 Å². The maximum absolute atomic E-state index is 12.9. The summed E-state index contributed by atoms with van der Waals surface area (Å²) in [6, 6.07) is 7.88. The molecule has 3 rings (SSSR count). The molecular formula is C21H23N3O4S. The number of nitrogens with one attached hydrogen (secondary N) is 1. The predicted octanol–water partition coefficient (Wildman–Crippen LogP) is 2.75. The van der Waals surface area contributed by atoms with Crippen molar-refractivity contribution in [1.82, 2.24) is 14.9 Å². The fraction of sp³-hybridized carbons (Fsp3) is 0.333. The SMILES string of the molecule is Cc1ccc(-c2csc3ncn(CC(=O)OCC(=O)NCC(C)C)c(=O)c23)cc1. The van der Waals surface area contributed by atoms with Crippen LogP contribution >= 0.6 is 11.3 Å². The Hall–Kier alpha value is -3.00. The molecule has 0 atom stereocenters. The van der Waals surface area contributed by atoms with Crippen molar-refractivity contribution in [2.24, 2.45) is 5.92 Å². The maximum atomic E-state index is 12.9. The molecule has 1 aromatic carbocycles. The first-order valence-corrected chi connectivity index (χ1v) is 10.2. The summed E-state index contributed by atoms with van der Waals surface area (Å²) < 4.78 is 6.19. The van der Waals surface area contributed by atoms with Crippen molar-refractivity contribution in [3.63, 3.8) is 0 Å². The second-order valence-corrected chi connectivity index (χ2v) is 8.09. The number of fused-ring (bicyclic) bond motifs is 1. The molecule has 2 aromatic heterocycles. The van der Waals surface area contributed by atoms with Gasteiger partial charge in [0.15, 0.2) is 6.61 Å². The number of rotatable bonds is 7. The van der Waals surface area contributed by atoms with E-state index in [2.05, 4.69) is 10.3 Å². The van der Waals surface area contributed by atoms with E-state index < -0.39 is 5.97 Å². The van der Waals surface area contributed by atoms with E-state index in [0.717, 1.165) is 16.7 Å². The van der Waals surface area contributed by atoms with E-state index in [1.54, 1.807) is 0 Å². The van der Waals surface area contributed by atoms with Crippen LogP contribution < -0.4 is 10.9 Å². The normalized spacial score (nSPS) is 11.0. The van der Waals surface area contributed by atoms with E-state index in [1.807, 2.05) is 50.4 Å². The highest BCUT2D eigenvalue weighted by Gasteiger charge is 2.16. The number of esters is 1. The van der Waals surface area contributed by atoms with Gasteiger partial charge in [0.2, 0.25) is 0 Å². The molecule has 1 amide bonds. The van der Waals surface area contributed by atoms with Crippen LogP contribution in [-0.2, 0) is 20.9 Å². The third-order valence-electron chi connectivity index (χ3n) is 4.29. The van der Waals surface area contributed by atoms with Crippen molar-refractivity contribution in [1.29, 1.82) is 0 Å². The summed E-state index contributed by atoms with van der Waals surface area (Å²) in [4.78, 5) is 41.6. The number of nitrogens with zero attached hydrogens (tertiary/aromatic N) is 2. The zero-order valence-electron chi connectivity index (χ0n) is 16.6. The second kappa shape index (κ2) is 9.00. The molecule has 0 spiro atoms. The summed E-state index contributed by atoms with van der Waals surface area (Å²) in [6.07, 6.45) is 1.33. The molecular weight excluding hydrogens is 390 g/mol. The minimum Gasteiger partial charge on any atom is -0.454 e. The highest BCUT2D eigenvalue weighted by Crippen LogP contribution is 2.30. The van der Waals surface area contributed by atoms with Gasteiger partial charge in [0.05, 0.1) is 11.7 Å². The lowest BCUT2D eigenvalue weighted by atomic mass is 10.1. The predicted molar refractivity (Wildman–Crippen MR) is 113 cm³/mol. The Kier molecular flexibility index (Phi) is 6.43. The first-order chi connectivity index (χ1) is 13.8. The number of carbonyl (C=O) groups is 2. The van der Waals surface area contributed by atoms with Gasteiger partial charge in [0, 0.05) is 17.5 Å². The van der Waals surface area contributed by atoms with E-state index in [9.17, 15) is 14.4 Å². The average Bonchev–Trinajstić information content (AvgIpc) is 3.12. The van der Waals surface area contributed by atoms with Gasteiger partial charge in [-0.15, -0.1) is 11.3 Å². The summed E-state index contributed by atoms with van der Waals surface area (Å²) >= 11 is 1.38. The molecule has 0 saturated heterocycles. The fourth-order valence-corrected chi connectivity index (χ4v) is 3.63. The number of aryl methyl sites for hydroxylation is 1. The van der Waals surface area contributed by atoms with Gasteiger partial charge >= 0.3 is 5.97 Å². The van der Waals surface area contributed by atoms with Crippen LogP contribution in [0.5, 0.6) is 0 Å². The summed E-state index contributed by atoms with van der Waals surface area (Å²) in [6.45, 7) is 5.77. The number of amides is 1. The Morgan fingerprint density at radius 2 is 1.97 bits per heavy atom. The van der Waals surface area contributed by atoms with E-state index in [0.29, 0.717) is 22.7 Å². The topological polar surface area (TPSA) is 90.3 Å². The molecule has 0 fully saturated rings. The van der Waals surface area contributed by atoms with Gasteiger partial charge < -0.3 is 10.1 Å². The Morgan fingerprint density at radius 3 is 2.66 bits per heavy atom. The molecule has 0 aliphatic heterocycles. The summed E-state index contributed by atoms with van der Waals surface area (Å²) in [5, 5.41) is 5.04. The molecule has 2 heterocycles. The van der Waals surface area contributed by atoms with Gasteiger partial charge in [0.1, 0.15) is 11.4 Å². The molecule has 0 radical (unpaired) electrons. The lowest BCUT2D eigenvalue weighted by Crippen LogP contribution is -2.33. The molecule has 8 heteroatoms. The largest absolute Gasteiger partial charge is 0.454 e. The van der Waals surface area contributed by atoms with Gasteiger partial charge in [-0.25, -0.2) is 4.98 Å². The molecule has 0 bridgehead atoms. The Bertz CT molecular complexity index is 1080. The van der Waals surface area contributed by atoms with Crippen molar-refractivity contribution in [2.45, 2.75) is 27.3 Å². The number of ether oxygens (including phenoxy) is 1. The number of carbonyl (C=O) groups excluding carboxylic acids is 2. The number of hydrogen-bond acceptors (Lipinski definition) is 6. The van der Waals surface area contributed by atoms with Crippen molar-refractivity contribution in [2.75, 3.05) is 13.2 Å². The van der Waals surface area contributed by atoms with Crippen LogP contribution in [0.25, 0.3) is 21.3 Å². The van der Waals surface area contributed by atoms with Crippen LogP contribution in [0.4, 0.5) is 0 Å². The first-order valence-electron chi connectivity index (χ1n) is 9.31. The zero-order valence-corrected chi connectivity index (χ0v) is 17.4. The number of aromatic nitrogens is 2. The molecule has 0 aliphatic rings. The standard InChI is InChI=1S/C21H23N3O4S/c1-13(2)8-22-17(25)10-28-18(26)9-24-12-23-20-19(21(24)27)16(11-29-20)15-6-4-14(3)5-7-15/h4-7,11-13H,8-10H2,1-3H3,(H,22,25). The number of thiophene rings is 1. The molecule has 0 saturated carbocycles.